The molecule has 1 aromatic carbocycles. The van der Waals surface area contributed by atoms with Gasteiger partial charge in [-0.3, -0.25) is 19.8 Å². The van der Waals surface area contributed by atoms with Gasteiger partial charge in [0.1, 0.15) is 12.4 Å². The van der Waals surface area contributed by atoms with Gasteiger partial charge < -0.3 is 9.84 Å². The van der Waals surface area contributed by atoms with Crippen molar-refractivity contribution in [2.75, 3.05) is 26.2 Å². The van der Waals surface area contributed by atoms with E-state index in [0.29, 0.717) is 25.4 Å². The van der Waals surface area contributed by atoms with Gasteiger partial charge in [0, 0.05) is 18.7 Å². The third-order valence-corrected chi connectivity index (χ3v) is 2.62. The molecule has 7 heteroatoms. The highest BCUT2D eigenvalue weighted by Gasteiger charge is 2.09. The number of rotatable bonds is 9. The number of nitrogens with zero attached hydrogens (tertiary/aromatic N) is 2. The van der Waals surface area contributed by atoms with Crippen LogP contribution in [0.1, 0.15) is 13.3 Å². The van der Waals surface area contributed by atoms with E-state index in [1.807, 2.05) is 6.92 Å². The van der Waals surface area contributed by atoms with E-state index >= 15 is 0 Å². The molecule has 0 radical (unpaired) electrons. The highest BCUT2D eigenvalue weighted by atomic mass is 16.6. The van der Waals surface area contributed by atoms with Crippen LogP contribution < -0.4 is 4.74 Å². The van der Waals surface area contributed by atoms with Crippen LogP contribution in [-0.4, -0.2) is 47.1 Å². The Balaban J connectivity index is 2.41. The van der Waals surface area contributed by atoms with Gasteiger partial charge in [0.15, 0.2) is 0 Å². The lowest BCUT2D eigenvalue weighted by Gasteiger charge is -2.19. The van der Waals surface area contributed by atoms with E-state index in [-0.39, 0.29) is 12.2 Å². The zero-order valence-electron chi connectivity index (χ0n) is 11.3. The molecule has 0 amide bonds. The molecule has 1 aromatic rings. The largest absolute Gasteiger partial charge is 0.492 e. The first-order chi connectivity index (χ1) is 9.52. The minimum absolute atomic E-state index is 0.0100. The maximum atomic E-state index is 10.7. The van der Waals surface area contributed by atoms with Gasteiger partial charge in [-0.2, -0.15) is 0 Å². The molecule has 0 saturated heterocycles. The molecule has 0 unspecified atom stereocenters. The average molecular weight is 282 g/mol. The van der Waals surface area contributed by atoms with Gasteiger partial charge in [-0.1, -0.05) is 6.92 Å². The summed E-state index contributed by atoms with van der Waals surface area (Å²) in [5.74, 6) is -0.337. The van der Waals surface area contributed by atoms with Crippen molar-refractivity contribution in [1.29, 1.82) is 0 Å². The quantitative estimate of drug-likeness (QED) is 0.548. The van der Waals surface area contributed by atoms with Crippen LogP contribution in [-0.2, 0) is 4.79 Å². The Morgan fingerprint density at radius 3 is 2.50 bits per heavy atom. The lowest BCUT2D eigenvalue weighted by atomic mass is 10.3. The Hall–Kier alpha value is -2.15. The van der Waals surface area contributed by atoms with E-state index in [9.17, 15) is 14.9 Å². The number of carbonyl (C=O) groups is 1. The third kappa shape index (κ3) is 5.66. The lowest BCUT2D eigenvalue weighted by Crippen LogP contribution is -2.34. The van der Waals surface area contributed by atoms with E-state index < -0.39 is 10.9 Å². The number of nitro groups is 1. The second-order valence-corrected chi connectivity index (χ2v) is 4.27. The fourth-order valence-corrected chi connectivity index (χ4v) is 1.73. The smallest absolute Gasteiger partial charge is 0.317 e. The van der Waals surface area contributed by atoms with Gasteiger partial charge in [-0.05, 0) is 25.1 Å². The van der Waals surface area contributed by atoms with Gasteiger partial charge in [0.2, 0.25) is 0 Å². The maximum absolute atomic E-state index is 10.7. The van der Waals surface area contributed by atoms with Crippen molar-refractivity contribution in [2.24, 2.45) is 0 Å². The number of ether oxygens (including phenoxy) is 1. The summed E-state index contributed by atoms with van der Waals surface area (Å²) in [7, 11) is 0. The molecule has 0 saturated carbocycles. The molecule has 0 spiro atoms. The van der Waals surface area contributed by atoms with Crippen LogP contribution in [0.25, 0.3) is 0 Å². The number of hydrogen-bond acceptors (Lipinski definition) is 5. The van der Waals surface area contributed by atoms with Crippen LogP contribution in [0.4, 0.5) is 5.69 Å². The van der Waals surface area contributed by atoms with Crippen molar-refractivity contribution in [3.05, 3.63) is 34.4 Å². The van der Waals surface area contributed by atoms with Crippen LogP contribution in [0, 0.1) is 10.1 Å². The fraction of sp³-hybridized carbons (Fsp3) is 0.462. The first-order valence-corrected chi connectivity index (χ1v) is 6.34. The highest BCUT2D eigenvalue weighted by Crippen LogP contribution is 2.17. The zero-order chi connectivity index (χ0) is 15.0. The molecular weight excluding hydrogens is 264 g/mol. The predicted octanol–water partition coefficient (Wildman–Crippen LogP) is 1.77. The van der Waals surface area contributed by atoms with Crippen molar-refractivity contribution < 1.29 is 19.6 Å². The van der Waals surface area contributed by atoms with Gasteiger partial charge in [-0.15, -0.1) is 0 Å². The molecule has 7 nitrogen and oxygen atoms in total. The van der Waals surface area contributed by atoms with Crippen molar-refractivity contribution in [2.45, 2.75) is 13.3 Å². The second kappa shape index (κ2) is 8.11. The summed E-state index contributed by atoms with van der Waals surface area (Å²) >= 11 is 0. The molecule has 1 N–H and O–H groups in total. The van der Waals surface area contributed by atoms with E-state index in [1.165, 1.54) is 24.3 Å². The van der Waals surface area contributed by atoms with Crippen LogP contribution in [0.3, 0.4) is 0 Å². The van der Waals surface area contributed by atoms with Gasteiger partial charge >= 0.3 is 5.97 Å². The molecule has 0 aromatic heterocycles. The minimum atomic E-state index is -0.867. The monoisotopic (exact) mass is 282 g/mol. The Bertz CT molecular complexity index is 447. The molecule has 110 valence electrons. The predicted molar refractivity (Wildman–Crippen MR) is 73.0 cm³/mol. The van der Waals surface area contributed by atoms with Crippen molar-refractivity contribution in [1.82, 2.24) is 4.90 Å². The first-order valence-electron chi connectivity index (χ1n) is 6.34. The van der Waals surface area contributed by atoms with Crippen molar-refractivity contribution in [3.63, 3.8) is 0 Å². The Labute approximate surface area is 116 Å². The summed E-state index contributed by atoms with van der Waals surface area (Å²) in [4.78, 5) is 22.5. The van der Waals surface area contributed by atoms with Crippen molar-refractivity contribution >= 4 is 11.7 Å². The topological polar surface area (TPSA) is 92.9 Å². The Kier molecular flexibility index (Phi) is 6.45. The Morgan fingerprint density at radius 1 is 1.35 bits per heavy atom. The van der Waals surface area contributed by atoms with Crippen LogP contribution in [0.5, 0.6) is 5.75 Å². The van der Waals surface area contributed by atoms with E-state index in [0.717, 1.165) is 6.42 Å². The van der Waals surface area contributed by atoms with Crippen LogP contribution in [0.2, 0.25) is 0 Å². The fourth-order valence-electron chi connectivity index (χ4n) is 1.73. The minimum Gasteiger partial charge on any atom is -0.492 e. The second-order valence-electron chi connectivity index (χ2n) is 4.27. The van der Waals surface area contributed by atoms with E-state index in [4.69, 9.17) is 9.84 Å². The van der Waals surface area contributed by atoms with Crippen LogP contribution >= 0.6 is 0 Å². The number of hydrogen-bond donors (Lipinski definition) is 1. The Morgan fingerprint density at radius 2 is 2.00 bits per heavy atom. The molecule has 0 aliphatic carbocycles. The number of carboxylic acids is 1. The van der Waals surface area contributed by atoms with E-state index in [2.05, 4.69) is 0 Å². The summed E-state index contributed by atoms with van der Waals surface area (Å²) < 4.78 is 5.44. The highest BCUT2D eigenvalue weighted by molar-refractivity contribution is 5.69. The summed E-state index contributed by atoms with van der Waals surface area (Å²) in [6.07, 6.45) is 0.866. The molecule has 0 aliphatic rings. The molecular formula is C13H18N2O5. The first kappa shape index (κ1) is 15.9. The lowest BCUT2D eigenvalue weighted by molar-refractivity contribution is -0.384. The summed E-state index contributed by atoms with van der Waals surface area (Å²) in [6.45, 7) is 3.49. The summed E-state index contributed by atoms with van der Waals surface area (Å²) in [6, 6.07) is 5.80. The molecule has 0 fully saturated rings. The summed E-state index contributed by atoms with van der Waals surface area (Å²) in [5, 5.41) is 19.3. The molecule has 0 aliphatic heterocycles. The SMILES string of the molecule is CCCN(CCOc1ccc([N+](=O)[O-])cc1)CC(=O)O. The average Bonchev–Trinajstić information content (AvgIpc) is 2.39. The van der Waals surface area contributed by atoms with Gasteiger partial charge in [-0.25, -0.2) is 0 Å². The molecule has 20 heavy (non-hydrogen) atoms. The molecule has 0 heterocycles. The van der Waals surface area contributed by atoms with E-state index in [1.54, 1.807) is 4.90 Å². The van der Waals surface area contributed by atoms with Crippen LogP contribution in [0.15, 0.2) is 24.3 Å². The number of non-ortho nitro benzene ring substituents is 1. The zero-order valence-corrected chi connectivity index (χ0v) is 11.3. The van der Waals surface area contributed by atoms with Gasteiger partial charge in [0.05, 0.1) is 11.5 Å². The molecule has 0 atom stereocenters. The summed E-state index contributed by atoms with van der Waals surface area (Å²) in [5.41, 5.74) is 0.0100. The molecule has 1 rings (SSSR count). The molecule has 0 bridgehead atoms. The number of benzene rings is 1. The standard InChI is InChI=1S/C13H18N2O5/c1-2-7-14(10-13(16)17)8-9-20-12-5-3-11(4-6-12)15(18)19/h3-6H,2,7-10H2,1H3,(H,16,17). The number of aliphatic carboxylic acids is 1. The maximum Gasteiger partial charge on any atom is 0.317 e. The normalized spacial score (nSPS) is 10.5. The van der Waals surface area contributed by atoms with Gasteiger partial charge in [0.25, 0.3) is 5.69 Å². The number of nitro benzene ring substituents is 1. The number of carboxylic acid groups (broad SMARTS) is 1. The van der Waals surface area contributed by atoms with Crippen molar-refractivity contribution in [3.8, 4) is 5.75 Å². The third-order valence-electron chi connectivity index (χ3n) is 2.62.